The van der Waals surface area contributed by atoms with Crippen molar-refractivity contribution in [3.05, 3.63) is 29.3 Å². The summed E-state index contributed by atoms with van der Waals surface area (Å²) in [6.07, 6.45) is 2.69. The number of hydrogen-bond acceptors (Lipinski definition) is 7. The maximum Gasteiger partial charge on any atom is 0.408 e. The second kappa shape index (κ2) is 14.3. The molecule has 202 valence electrons. The third-order valence-corrected chi connectivity index (χ3v) is 5.37. The highest BCUT2D eigenvalue weighted by Crippen LogP contribution is 2.27. The van der Waals surface area contributed by atoms with Crippen molar-refractivity contribution in [1.82, 2.24) is 15.5 Å². The summed E-state index contributed by atoms with van der Waals surface area (Å²) in [6.45, 7) is 10.3. The molecule has 36 heavy (non-hydrogen) atoms. The minimum Gasteiger partial charge on any atom is -0.508 e. The fourth-order valence-corrected chi connectivity index (χ4v) is 3.52. The molecule has 0 spiro atoms. The van der Waals surface area contributed by atoms with Crippen LogP contribution in [0.15, 0.2) is 18.2 Å². The summed E-state index contributed by atoms with van der Waals surface area (Å²) >= 11 is 0. The molecule has 0 aliphatic carbocycles. The number of nitrogens with one attached hydrogen (secondary N) is 2. The smallest absolute Gasteiger partial charge is 0.408 e. The van der Waals surface area contributed by atoms with E-state index in [0.29, 0.717) is 17.5 Å². The van der Waals surface area contributed by atoms with Gasteiger partial charge in [-0.1, -0.05) is 32.3 Å². The number of phenolic OH excluding ortho intramolecular Hbond substituents is 1. The molecule has 0 saturated heterocycles. The lowest BCUT2D eigenvalue weighted by Gasteiger charge is -2.34. The first-order valence-corrected chi connectivity index (χ1v) is 12.2. The molecule has 0 bridgehead atoms. The maximum atomic E-state index is 13.6. The van der Waals surface area contributed by atoms with Crippen molar-refractivity contribution in [1.29, 1.82) is 0 Å². The molecule has 3 amide bonds. The number of alkyl carbamates (subject to hydrolysis) is 1. The number of ether oxygens (including phenoxy) is 2. The van der Waals surface area contributed by atoms with Crippen LogP contribution in [0.1, 0.15) is 77.5 Å². The first-order valence-electron chi connectivity index (χ1n) is 12.2. The molecule has 0 aliphatic rings. The lowest BCUT2D eigenvalue weighted by atomic mass is 10.00. The van der Waals surface area contributed by atoms with Gasteiger partial charge in [0.05, 0.1) is 7.11 Å². The number of rotatable bonds is 12. The SMILES string of the molecule is CCCCCCN(C(=O)C(C)NC(=O)OC(C)(C)C)C(C(=O)NCC(=O)OC)c1ccc(O)c(C)c1. The van der Waals surface area contributed by atoms with Crippen molar-refractivity contribution in [3.8, 4) is 5.75 Å². The molecule has 0 radical (unpaired) electrons. The van der Waals surface area contributed by atoms with Gasteiger partial charge in [-0.2, -0.15) is 0 Å². The van der Waals surface area contributed by atoms with Gasteiger partial charge in [-0.05, 0) is 64.3 Å². The Bertz CT molecular complexity index is 911. The summed E-state index contributed by atoms with van der Waals surface area (Å²) in [4.78, 5) is 52.3. The zero-order valence-electron chi connectivity index (χ0n) is 22.5. The molecule has 10 nitrogen and oxygen atoms in total. The van der Waals surface area contributed by atoms with Crippen LogP contribution in [-0.4, -0.2) is 65.7 Å². The number of methoxy groups -OCH3 is 1. The van der Waals surface area contributed by atoms with Crippen molar-refractivity contribution >= 4 is 23.9 Å². The minimum absolute atomic E-state index is 0.0493. The molecule has 2 atom stereocenters. The van der Waals surface area contributed by atoms with Crippen LogP contribution in [0.25, 0.3) is 0 Å². The molecule has 1 rings (SSSR count). The van der Waals surface area contributed by atoms with Crippen molar-refractivity contribution in [2.75, 3.05) is 20.2 Å². The number of aryl methyl sites for hydroxylation is 1. The third-order valence-electron chi connectivity index (χ3n) is 5.37. The van der Waals surface area contributed by atoms with Crippen molar-refractivity contribution < 1.29 is 33.8 Å². The van der Waals surface area contributed by atoms with Gasteiger partial charge < -0.3 is 30.1 Å². The second-order valence-corrected chi connectivity index (χ2v) is 9.70. The van der Waals surface area contributed by atoms with Crippen LogP contribution >= 0.6 is 0 Å². The van der Waals surface area contributed by atoms with Gasteiger partial charge in [-0.25, -0.2) is 4.79 Å². The summed E-state index contributed by atoms with van der Waals surface area (Å²) in [6, 6.07) is 2.54. The van der Waals surface area contributed by atoms with E-state index in [9.17, 15) is 24.3 Å². The Labute approximate surface area is 213 Å². The Kier molecular flexibility index (Phi) is 12.2. The van der Waals surface area contributed by atoms with Crippen LogP contribution in [-0.2, 0) is 23.9 Å². The molecule has 0 saturated carbocycles. The fourth-order valence-electron chi connectivity index (χ4n) is 3.52. The van der Waals surface area contributed by atoms with Crippen LogP contribution in [0.2, 0.25) is 0 Å². The molecule has 1 aromatic carbocycles. The topological polar surface area (TPSA) is 134 Å². The van der Waals surface area contributed by atoms with Gasteiger partial charge in [-0.15, -0.1) is 0 Å². The van der Waals surface area contributed by atoms with Gasteiger partial charge in [0.1, 0.15) is 30.0 Å². The lowest BCUT2D eigenvalue weighted by molar-refractivity contribution is -0.144. The number of esters is 1. The number of nitrogens with zero attached hydrogens (tertiary/aromatic N) is 1. The number of carbonyl (C=O) groups excluding carboxylic acids is 4. The lowest BCUT2D eigenvalue weighted by Crippen LogP contribution is -2.52. The predicted molar refractivity (Wildman–Crippen MR) is 135 cm³/mol. The van der Waals surface area contributed by atoms with E-state index in [-0.39, 0.29) is 18.8 Å². The number of benzene rings is 1. The van der Waals surface area contributed by atoms with Gasteiger partial charge in [0.2, 0.25) is 11.8 Å². The predicted octanol–water partition coefficient (Wildman–Crippen LogP) is 3.35. The number of hydrogen-bond donors (Lipinski definition) is 3. The molecular formula is C26H41N3O7. The zero-order chi connectivity index (χ0) is 27.5. The molecule has 10 heteroatoms. The van der Waals surface area contributed by atoms with Crippen molar-refractivity contribution in [2.24, 2.45) is 0 Å². The van der Waals surface area contributed by atoms with E-state index in [0.717, 1.165) is 19.3 Å². The summed E-state index contributed by atoms with van der Waals surface area (Å²) < 4.78 is 9.88. The largest absolute Gasteiger partial charge is 0.508 e. The first-order chi connectivity index (χ1) is 16.8. The Hall–Kier alpha value is -3.30. The van der Waals surface area contributed by atoms with E-state index >= 15 is 0 Å². The van der Waals surface area contributed by atoms with Crippen LogP contribution in [0.5, 0.6) is 5.75 Å². The summed E-state index contributed by atoms with van der Waals surface area (Å²) in [5.74, 6) is -1.65. The minimum atomic E-state index is -1.11. The Balaban J connectivity index is 3.35. The van der Waals surface area contributed by atoms with Crippen LogP contribution < -0.4 is 10.6 Å². The van der Waals surface area contributed by atoms with Gasteiger partial charge in [0.25, 0.3) is 0 Å². The molecule has 2 unspecified atom stereocenters. The number of phenols is 1. The summed E-state index contributed by atoms with van der Waals surface area (Å²) in [7, 11) is 1.21. The number of aromatic hydroxyl groups is 1. The monoisotopic (exact) mass is 507 g/mol. The average molecular weight is 508 g/mol. The Morgan fingerprint density at radius 3 is 2.33 bits per heavy atom. The third kappa shape index (κ3) is 10.1. The van der Waals surface area contributed by atoms with Crippen LogP contribution in [0, 0.1) is 6.92 Å². The van der Waals surface area contributed by atoms with Gasteiger partial charge in [-0.3, -0.25) is 14.4 Å². The number of amides is 3. The molecule has 0 aromatic heterocycles. The fraction of sp³-hybridized carbons (Fsp3) is 0.615. The molecule has 0 aliphatic heterocycles. The average Bonchev–Trinajstić information content (AvgIpc) is 2.79. The van der Waals surface area contributed by atoms with Crippen LogP contribution in [0.3, 0.4) is 0 Å². The molecule has 1 aromatic rings. The molecule has 0 fully saturated rings. The summed E-state index contributed by atoms with van der Waals surface area (Å²) in [5, 5.41) is 15.1. The maximum absolute atomic E-state index is 13.6. The summed E-state index contributed by atoms with van der Waals surface area (Å²) in [5.41, 5.74) is 0.240. The van der Waals surface area contributed by atoms with E-state index in [2.05, 4.69) is 22.3 Å². The van der Waals surface area contributed by atoms with Gasteiger partial charge >= 0.3 is 12.1 Å². The van der Waals surface area contributed by atoms with Crippen molar-refractivity contribution in [3.63, 3.8) is 0 Å². The number of unbranched alkanes of at least 4 members (excludes halogenated alkanes) is 3. The Morgan fingerprint density at radius 2 is 1.78 bits per heavy atom. The van der Waals surface area contributed by atoms with Crippen molar-refractivity contribution in [2.45, 2.75) is 84.9 Å². The second-order valence-electron chi connectivity index (χ2n) is 9.70. The van der Waals surface area contributed by atoms with E-state index in [1.54, 1.807) is 39.8 Å². The van der Waals surface area contributed by atoms with E-state index in [1.807, 2.05) is 0 Å². The van der Waals surface area contributed by atoms with E-state index in [4.69, 9.17) is 4.74 Å². The quantitative estimate of drug-likeness (QED) is 0.292. The normalized spacial score (nSPS) is 12.8. The highest BCUT2D eigenvalue weighted by molar-refractivity contribution is 5.93. The van der Waals surface area contributed by atoms with E-state index in [1.165, 1.54) is 25.0 Å². The highest BCUT2D eigenvalue weighted by atomic mass is 16.6. The van der Waals surface area contributed by atoms with E-state index < -0.39 is 41.6 Å². The standard InChI is InChI=1S/C26H41N3O7/c1-8-9-10-11-14-29(24(33)18(3)28-25(34)36-26(4,5)6)22(23(32)27-16-21(31)35-7)19-12-13-20(30)17(2)15-19/h12-13,15,18,22,30H,8-11,14,16H2,1-7H3,(H,27,32)(H,28,34). The Morgan fingerprint density at radius 1 is 1.11 bits per heavy atom. The first kappa shape index (κ1) is 30.7. The van der Waals surface area contributed by atoms with Gasteiger partial charge in [0, 0.05) is 6.54 Å². The highest BCUT2D eigenvalue weighted by Gasteiger charge is 2.35. The molecular weight excluding hydrogens is 466 g/mol. The zero-order valence-corrected chi connectivity index (χ0v) is 22.5. The molecule has 0 heterocycles. The van der Waals surface area contributed by atoms with Crippen LogP contribution in [0.4, 0.5) is 4.79 Å². The van der Waals surface area contributed by atoms with Gasteiger partial charge in [0.15, 0.2) is 0 Å². The molecule has 3 N–H and O–H groups in total. The number of carbonyl (C=O) groups is 4.